The van der Waals surface area contributed by atoms with E-state index in [0.29, 0.717) is 22.9 Å². The van der Waals surface area contributed by atoms with Gasteiger partial charge in [0, 0.05) is 17.2 Å². The minimum absolute atomic E-state index is 0.00635. The molecule has 0 aliphatic heterocycles. The summed E-state index contributed by atoms with van der Waals surface area (Å²) in [4.78, 5) is 24.6. The van der Waals surface area contributed by atoms with E-state index < -0.39 is 0 Å². The summed E-state index contributed by atoms with van der Waals surface area (Å²) in [5, 5.41) is 3.07. The van der Waals surface area contributed by atoms with E-state index in [2.05, 4.69) is 11.4 Å². The van der Waals surface area contributed by atoms with Gasteiger partial charge in [-0.05, 0) is 73.6 Å². The molecule has 2 aromatic carbocycles. The summed E-state index contributed by atoms with van der Waals surface area (Å²) in [7, 11) is 0. The summed E-state index contributed by atoms with van der Waals surface area (Å²) >= 11 is 0. The molecule has 4 nitrogen and oxygen atoms in total. The highest BCUT2D eigenvalue weighted by Crippen LogP contribution is 2.23. The summed E-state index contributed by atoms with van der Waals surface area (Å²) in [6, 6.07) is 13.3. The van der Waals surface area contributed by atoms with Crippen molar-refractivity contribution < 1.29 is 14.3 Å². The monoisotopic (exact) mass is 363 g/mol. The van der Waals surface area contributed by atoms with Crippen molar-refractivity contribution in [3.05, 3.63) is 64.7 Å². The van der Waals surface area contributed by atoms with Crippen LogP contribution in [-0.4, -0.2) is 24.3 Å². The first-order chi connectivity index (χ1) is 13.2. The Balaban J connectivity index is 1.31. The molecule has 2 aliphatic rings. The molecular weight excluding hydrogens is 338 g/mol. The van der Waals surface area contributed by atoms with E-state index >= 15 is 0 Å². The third-order valence-electron chi connectivity index (χ3n) is 5.60. The van der Waals surface area contributed by atoms with Gasteiger partial charge < -0.3 is 10.1 Å². The largest absolute Gasteiger partial charge is 0.485 e. The van der Waals surface area contributed by atoms with E-state index in [0.717, 1.165) is 25.7 Å². The zero-order valence-electron chi connectivity index (χ0n) is 15.5. The van der Waals surface area contributed by atoms with Crippen molar-refractivity contribution in [3.63, 3.8) is 0 Å². The SMILES string of the molecule is O=C(COc1ccc(C(=O)NC2CCCC2)cc1)c1ccc2c(c1)CCC2. The van der Waals surface area contributed by atoms with Crippen LogP contribution in [0.2, 0.25) is 0 Å². The Morgan fingerprint density at radius 2 is 1.59 bits per heavy atom. The zero-order valence-corrected chi connectivity index (χ0v) is 15.5. The summed E-state index contributed by atoms with van der Waals surface area (Å²) < 4.78 is 5.63. The van der Waals surface area contributed by atoms with Gasteiger partial charge in [-0.15, -0.1) is 0 Å². The highest BCUT2D eigenvalue weighted by Gasteiger charge is 2.18. The second kappa shape index (κ2) is 7.95. The van der Waals surface area contributed by atoms with Gasteiger partial charge in [0.05, 0.1) is 0 Å². The lowest BCUT2D eigenvalue weighted by molar-refractivity contribution is 0.0916. The van der Waals surface area contributed by atoms with Gasteiger partial charge in [0.2, 0.25) is 0 Å². The quantitative estimate of drug-likeness (QED) is 0.786. The molecule has 0 saturated heterocycles. The number of rotatable bonds is 6. The third kappa shape index (κ3) is 4.21. The lowest BCUT2D eigenvalue weighted by Crippen LogP contribution is -2.32. The summed E-state index contributed by atoms with van der Waals surface area (Å²) in [6.45, 7) is 0.00635. The highest BCUT2D eigenvalue weighted by molar-refractivity contribution is 5.97. The van der Waals surface area contributed by atoms with Crippen LogP contribution >= 0.6 is 0 Å². The van der Waals surface area contributed by atoms with Crippen LogP contribution in [0, 0.1) is 0 Å². The molecule has 0 heterocycles. The van der Waals surface area contributed by atoms with E-state index in [9.17, 15) is 9.59 Å². The molecule has 1 saturated carbocycles. The molecule has 0 spiro atoms. The van der Waals surface area contributed by atoms with Crippen LogP contribution in [0.15, 0.2) is 42.5 Å². The molecule has 0 aromatic heterocycles. The molecule has 0 radical (unpaired) electrons. The molecule has 27 heavy (non-hydrogen) atoms. The molecule has 1 fully saturated rings. The summed E-state index contributed by atoms with van der Waals surface area (Å²) in [5.41, 5.74) is 3.99. The highest BCUT2D eigenvalue weighted by atomic mass is 16.5. The van der Waals surface area contributed by atoms with E-state index in [4.69, 9.17) is 4.74 Å². The molecule has 4 heteroatoms. The van der Waals surface area contributed by atoms with Gasteiger partial charge in [-0.25, -0.2) is 0 Å². The number of ether oxygens (including phenoxy) is 1. The molecule has 140 valence electrons. The molecule has 2 aliphatic carbocycles. The number of fused-ring (bicyclic) bond motifs is 1. The lowest BCUT2D eigenvalue weighted by atomic mass is 10.0. The Hall–Kier alpha value is -2.62. The third-order valence-corrected chi connectivity index (χ3v) is 5.60. The smallest absolute Gasteiger partial charge is 0.251 e. The summed E-state index contributed by atoms with van der Waals surface area (Å²) in [6.07, 6.45) is 7.86. The first-order valence-electron chi connectivity index (χ1n) is 9.88. The van der Waals surface area contributed by atoms with Gasteiger partial charge in [-0.3, -0.25) is 9.59 Å². The van der Waals surface area contributed by atoms with Crippen LogP contribution in [0.4, 0.5) is 0 Å². The van der Waals surface area contributed by atoms with Gasteiger partial charge >= 0.3 is 0 Å². The number of nitrogens with one attached hydrogen (secondary N) is 1. The molecule has 1 amide bonds. The van der Waals surface area contributed by atoms with Crippen molar-refractivity contribution in [3.8, 4) is 5.75 Å². The molecule has 2 aromatic rings. The minimum Gasteiger partial charge on any atom is -0.485 e. The second-order valence-corrected chi connectivity index (χ2v) is 7.53. The van der Waals surface area contributed by atoms with Gasteiger partial charge in [0.15, 0.2) is 12.4 Å². The van der Waals surface area contributed by atoms with Crippen molar-refractivity contribution in [2.75, 3.05) is 6.61 Å². The second-order valence-electron chi connectivity index (χ2n) is 7.53. The van der Waals surface area contributed by atoms with Gasteiger partial charge in [-0.2, -0.15) is 0 Å². The predicted molar refractivity (Wildman–Crippen MR) is 104 cm³/mol. The molecular formula is C23H25NO3. The summed E-state index contributed by atoms with van der Waals surface area (Å²) in [5.74, 6) is 0.539. The number of aryl methyl sites for hydroxylation is 2. The number of benzene rings is 2. The Bertz CT molecular complexity index is 835. The fourth-order valence-corrected chi connectivity index (χ4v) is 4.02. The fraction of sp³-hybridized carbons (Fsp3) is 0.391. The Labute approximate surface area is 159 Å². The van der Waals surface area contributed by atoms with E-state index in [1.54, 1.807) is 24.3 Å². The number of carbonyl (C=O) groups is 2. The van der Waals surface area contributed by atoms with Crippen molar-refractivity contribution in [1.82, 2.24) is 5.32 Å². The number of amides is 1. The average molecular weight is 363 g/mol. The molecule has 1 N–H and O–H groups in total. The van der Waals surface area contributed by atoms with Gasteiger partial charge in [-0.1, -0.05) is 25.0 Å². The van der Waals surface area contributed by atoms with E-state index in [-0.39, 0.29) is 18.3 Å². The van der Waals surface area contributed by atoms with Gasteiger partial charge in [0.1, 0.15) is 5.75 Å². The molecule has 4 rings (SSSR count). The first kappa shape index (κ1) is 17.8. The molecule has 0 atom stereocenters. The van der Waals surface area contributed by atoms with Gasteiger partial charge in [0.25, 0.3) is 5.91 Å². The average Bonchev–Trinajstić information content (AvgIpc) is 3.37. The van der Waals surface area contributed by atoms with Crippen LogP contribution in [0.3, 0.4) is 0 Å². The minimum atomic E-state index is -0.0392. The molecule has 0 unspecified atom stereocenters. The van der Waals surface area contributed by atoms with Crippen molar-refractivity contribution in [2.45, 2.75) is 51.0 Å². The number of carbonyl (C=O) groups excluding carboxylic acids is 2. The standard InChI is InChI=1S/C23H25NO3/c25-22(19-9-8-16-4-3-5-18(16)14-19)15-27-21-12-10-17(11-13-21)23(26)24-20-6-1-2-7-20/h8-14,20H,1-7,15H2,(H,24,26). The fourth-order valence-electron chi connectivity index (χ4n) is 4.02. The van der Waals surface area contributed by atoms with E-state index in [1.165, 1.54) is 30.4 Å². The van der Waals surface area contributed by atoms with Crippen LogP contribution in [0.5, 0.6) is 5.75 Å². The Morgan fingerprint density at radius 3 is 2.37 bits per heavy atom. The van der Waals surface area contributed by atoms with Crippen molar-refractivity contribution in [1.29, 1.82) is 0 Å². The van der Waals surface area contributed by atoms with Crippen LogP contribution in [-0.2, 0) is 12.8 Å². The van der Waals surface area contributed by atoms with E-state index in [1.807, 2.05) is 12.1 Å². The number of hydrogen-bond acceptors (Lipinski definition) is 3. The van der Waals surface area contributed by atoms with Crippen LogP contribution in [0.25, 0.3) is 0 Å². The number of Topliss-reactive ketones (excluding diaryl/α,β-unsaturated/α-hetero) is 1. The normalized spacial score (nSPS) is 16.1. The predicted octanol–water partition coefficient (Wildman–Crippen LogP) is 4.11. The maximum atomic E-state index is 12.4. The first-order valence-corrected chi connectivity index (χ1v) is 9.88. The van der Waals surface area contributed by atoms with Crippen LogP contribution in [0.1, 0.15) is 63.9 Å². The molecule has 0 bridgehead atoms. The van der Waals surface area contributed by atoms with Crippen molar-refractivity contribution in [2.24, 2.45) is 0 Å². The number of ketones is 1. The Kier molecular flexibility index (Phi) is 5.23. The topological polar surface area (TPSA) is 55.4 Å². The Morgan fingerprint density at radius 1 is 0.889 bits per heavy atom. The lowest BCUT2D eigenvalue weighted by Gasteiger charge is -2.12. The van der Waals surface area contributed by atoms with Crippen molar-refractivity contribution >= 4 is 11.7 Å². The maximum Gasteiger partial charge on any atom is 0.251 e. The number of hydrogen-bond donors (Lipinski definition) is 1. The zero-order chi connectivity index (χ0) is 18.6. The maximum absolute atomic E-state index is 12.4. The van der Waals surface area contributed by atoms with Crippen LogP contribution < -0.4 is 10.1 Å².